The van der Waals surface area contributed by atoms with Crippen LogP contribution in [0, 0.1) is 0 Å². The van der Waals surface area contributed by atoms with Crippen LogP contribution in [0.3, 0.4) is 0 Å². The molecule has 0 unspecified atom stereocenters. The van der Waals surface area contributed by atoms with Gasteiger partial charge in [-0.05, 0) is 42.0 Å². The second kappa shape index (κ2) is 5.96. The van der Waals surface area contributed by atoms with Crippen molar-refractivity contribution in [2.45, 2.75) is 0 Å². The molecule has 0 radical (unpaired) electrons. The third-order valence-corrected chi connectivity index (χ3v) is 3.59. The van der Waals surface area contributed by atoms with Crippen molar-refractivity contribution >= 4 is 34.4 Å². The third kappa shape index (κ3) is 3.23. The fourth-order valence-corrected chi connectivity index (χ4v) is 2.31. The molecule has 3 rings (SSSR count). The molecule has 5 nitrogen and oxygen atoms in total. The van der Waals surface area contributed by atoms with Crippen molar-refractivity contribution in [2.75, 3.05) is 24.7 Å². The number of nitrogens with zero attached hydrogens (tertiary/aromatic N) is 2. The average molecular weight is 306 g/mol. The van der Waals surface area contributed by atoms with Crippen LogP contribution in [-0.4, -0.2) is 24.1 Å². The van der Waals surface area contributed by atoms with Crippen molar-refractivity contribution in [3.8, 4) is 0 Å². The highest BCUT2D eigenvalue weighted by Gasteiger charge is 2.02. The lowest BCUT2D eigenvalue weighted by atomic mass is 10.2. The van der Waals surface area contributed by atoms with Crippen LogP contribution in [-0.2, 0) is 0 Å². The lowest BCUT2D eigenvalue weighted by molar-refractivity contribution is 1.13. The summed E-state index contributed by atoms with van der Waals surface area (Å²) < 4.78 is 0. The van der Waals surface area contributed by atoms with E-state index in [4.69, 9.17) is 5.73 Å². The topological polar surface area (TPSA) is 75.0 Å². The molecule has 5 heteroatoms. The van der Waals surface area contributed by atoms with Crippen molar-refractivity contribution in [2.24, 2.45) is 0 Å². The lowest BCUT2D eigenvalue weighted by Crippen LogP contribution is -2.10. The molecule has 0 bridgehead atoms. The van der Waals surface area contributed by atoms with Crippen LogP contribution in [0.2, 0.25) is 0 Å². The Hall–Kier alpha value is -3.08. The van der Waals surface area contributed by atoms with E-state index in [1.165, 1.54) is 0 Å². The fraction of sp³-hybridized carbons (Fsp3) is 0.111. The highest BCUT2D eigenvalue weighted by molar-refractivity contribution is 5.82. The summed E-state index contributed by atoms with van der Waals surface area (Å²) in [5, 5.41) is 0.498. The Morgan fingerprint density at radius 3 is 2.52 bits per heavy atom. The highest BCUT2D eigenvalue weighted by Crippen LogP contribution is 2.15. The summed E-state index contributed by atoms with van der Waals surface area (Å²) >= 11 is 0. The maximum atomic E-state index is 12.1. The average Bonchev–Trinajstić information content (AvgIpc) is 2.54. The van der Waals surface area contributed by atoms with Crippen LogP contribution < -0.4 is 16.2 Å². The van der Waals surface area contributed by atoms with Gasteiger partial charge in [-0.1, -0.05) is 18.2 Å². The summed E-state index contributed by atoms with van der Waals surface area (Å²) in [5.41, 5.74) is 8.86. The van der Waals surface area contributed by atoms with Crippen molar-refractivity contribution < 1.29 is 0 Å². The number of aromatic amines is 1. The summed E-state index contributed by atoms with van der Waals surface area (Å²) in [6, 6.07) is 13.2. The van der Waals surface area contributed by atoms with Gasteiger partial charge in [-0.2, -0.15) is 0 Å². The Morgan fingerprint density at radius 1 is 1.09 bits per heavy atom. The van der Waals surface area contributed by atoms with Gasteiger partial charge in [0.1, 0.15) is 5.82 Å². The van der Waals surface area contributed by atoms with Gasteiger partial charge in [-0.15, -0.1) is 0 Å². The van der Waals surface area contributed by atoms with Crippen LogP contribution in [0.4, 0.5) is 11.4 Å². The van der Waals surface area contributed by atoms with Gasteiger partial charge < -0.3 is 15.6 Å². The number of nitrogens with one attached hydrogen (secondary N) is 1. The van der Waals surface area contributed by atoms with E-state index in [-0.39, 0.29) is 5.56 Å². The monoisotopic (exact) mass is 306 g/mol. The van der Waals surface area contributed by atoms with Crippen LogP contribution in [0.15, 0.2) is 47.3 Å². The van der Waals surface area contributed by atoms with E-state index in [1.54, 1.807) is 24.3 Å². The van der Waals surface area contributed by atoms with Crippen molar-refractivity contribution in [1.29, 1.82) is 0 Å². The second-order valence-corrected chi connectivity index (χ2v) is 5.55. The van der Waals surface area contributed by atoms with Crippen LogP contribution in [0.5, 0.6) is 0 Å². The first-order valence-electron chi connectivity index (χ1n) is 7.28. The molecule has 116 valence electrons. The minimum absolute atomic E-state index is 0.190. The van der Waals surface area contributed by atoms with Gasteiger partial charge >= 0.3 is 0 Å². The van der Waals surface area contributed by atoms with Crippen molar-refractivity contribution in [3.63, 3.8) is 0 Å². The Labute approximate surface area is 134 Å². The standard InChI is InChI=1S/C18H18N4O/c1-22(2)14-7-3-12(4-8-14)5-10-17-20-16-9-6-13(19)11-15(16)18(23)21-17/h3-11H,19H2,1-2H3,(H,20,21,23)/b10-5+. The van der Waals surface area contributed by atoms with Gasteiger partial charge in [0.05, 0.1) is 10.9 Å². The number of benzene rings is 2. The van der Waals surface area contributed by atoms with E-state index < -0.39 is 0 Å². The van der Waals surface area contributed by atoms with Crippen LogP contribution in [0.25, 0.3) is 23.1 Å². The Balaban J connectivity index is 1.91. The first-order valence-corrected chi connectivity index (χ1v) is 7.28. The van der Waals surface area contributed by atoms with E-state index in [2.05, 4.69) is 9.97 Å². The number of aromatic nitrogens is 2. The van der Waals surface area contributed by atoms with Crippen LogP contribution in [0.1, 0.15) is 11.4 Å². The number of fused-ring (bicyclic) bond motifs is 1. The Kier molecular flexibility index (Phi) is 3.85. The van der Waals surface area contributed by atoms with Gasteiger partial charge in [0.25, 0.3) is 5.56 Å². The van der Waals surface area contributed by atoms with E-state index in [0.29, 0.717) is 22.4 Å². The molecule has 23 heavy (non-hydrogen) atoms. The maximum Gasteiger partial charge on any atom is 0.259 e. The molecule has 0 atom stereocenters. The molecule has 0 amide bonds. The van der Waals surface area contributed by atoms with E-state index in [0.717, 1.165) is 11.3 Å². The third-order valence-electron chi connectivity index (χ3n) is 3.59. The maximum absolute atomic E-state index is 12.1. The molecule has 2 aromatic carbocycles. The van der Waals surface area contributed by atoms with E-state index >= 15 is 0 Å². The summed E-state index contributed by atoms with van der Waals surface area (Å²) in [4.78, 5) is 21.3. The quantitative estimate of drug-likeness (QED) is 0.730. The van der Waals surface area contributed by atoms with E-state index in [1.807, 2.05) is 49.3 Å². The summed E-state index contributed by atoms with van der Waals surface area (Å²) in [6.45, 7) is 0. The number of rotatable bonds is 3. The molecular formula is C18H18N4O. The largest absolute Gasteiger partial charge is 0.399 e. The van der Waals surface area contributed by atoms with Crippen LogP contribution >= 0.6 is 0 Å². The number of anilines is 2. The van der Waals surface area contributed by atoms with Gasteiger partial charge in [0.15, 0.2) is 0 Å². The van der Waals surface area contributed by atoms with Gasteiger partial charge in [0, 0.05) is 25.5 Å². The van der Waals surface area contributed by atoms with Gasteiger partial charge in [-0.3, -0.25) is 4.79 Å². The molecule has 3 aromatic rings. The number of nitrogen functional groups attached to an aromatic ring is 1. The summed E-state index contributed by atoms with van der Waals surface area (Å²) in [6.07, 6.45) is 3.71. The zero-order valence-corrected chi connectivity index (χ0v) is 13.1. The zero-order valence-electron chi connectivity index (χ0n) is 13.1. The first kappa shape index (κ1) is 14.8. The first-order chi connectivity index (χ1) is 11.0. The SMILES string of the molecule is CN(C)c1ccc(/C=C/c2nc3ccc(N)cc3c(=O)[nH]2)cc1. The highest BCUT2D eigenvalue weighted by atomic mass is 16.1. The zero-order chi connectivity index (χ0) is 16.4. The van der Waals surface area contributed by atoms with Crippen molar-refractivity contribution in [1.82, 2.24) is 9.97 Å². The molecule has 3 N–H and O–H groups in total. The van der Waals surface area contributed by atoms with Gasteiger partial charge in [0.2, 0.25) is 0 Å². The molecule has 0 saturated heterocycles. The normalized spacial score (nSPS) is 11.2. The molecular weight excluding hydrogens is 288 g/mol. The smallest absolute Gasteiger partial charge is 0.259 e. The summed E-state index contributed by atoms with van der Waals surface area (Å²) in [7, 11) is 4.00. The molecule has 0 aliphatic heterocycles. The van der Waals surface area contributed by atoms with Crippen molar-refractivity contribution in [3.05, 3.63) is 64.2 Å². The minimum atomic E-state index is -0.190. The predicted molar refractivity (Wildman–Crippen MR) is 96.5 cm³/mol. The summed E-state index contributed by atoms with van der Waals surface area (Å²) in [5.74, 6) is 0.518. The lowest BCUT2D eigenvalue weighted by Gasteiger charge is -2.11. The minimum Gasteiger partial charge on any atom is -0.399 e. The number of hydrogen-bond donors (Lipinski definition) is 2. The fourth-order valence-electron chi connectivity index (χ4n) is 2.31. The molecule has 1 aromatic heterocycles. The van der Waals surface area contributed by atoms with Gasteiger partial charge in [-0.25, -0.2) is 4.98 Å². The molecule has 0 aliphatic rings. The molecule has 0 spiro atoms. The van der Waals surface area contributed by atoms with E-state index in [9.17, 15) is 4.79 Å². The number of nitrogens with two attached hydrogens (primary N) is 1. The molecule has 1 heterocycles. The molecule has 0 aliphatic carbocycles. The number of H-pyrrole nitrogens is 1. The molecule has 0 fully saturated rings. The number of hydrogen-bond acceptors (Lipinski definition) is 4. The molecule has 0 saturated carbocycles. The Morgan fingerprint density at radius 2 is 1.83 bits per heavy atom. The Bertz CT molecular complexity index is 924. The second-order valence-electron chi connectivity index (χ2n) is 5.55. The predicted octanol–water partition coefficient (Wildman–Crippen LogP) is 2.74.